The number of piperidine rings is 1. The number of aryl methyl sites for hydroxylation is 1. The minimum Gasteiger partial charge on any atom is -0.310 e. The molecule has 1 aliphatic rings. The fourth-order valence-corrected chi connectivity index (χ4v) is 2.54. The molecular formula is C14H21BrN2. The van der Waals surface area contributed by atoms with E-state index in [2.05, 4.69) is 58.3 Å². The van der Waals surface area contributed by atoms with Gasteiger partial charge in [0.1, 0.15) is 0 Å². The van der Waals surface area contributed by atoms with Gasteiger partial charge >= 0.3 is 0 Å². The fourth-order valence-electron chi connectivity index (χ4n) is 2.29. The van der Waals surface area contributed by atoms with Crippen molar-refractivity contribution in [2.45, 2.75) is 32.4 Å². The van der Waals surface area contributed by atoms with E-state index < -0.39 is 0 Å². The zero-order chi connectivity index (χ0) is 12.3. The molecule has 1 N–H and O–H groups in total. The second-order valence-electron chi connectivity index (χ2n) is 5.04. The fraction of sp³-hybridized carbons (Fsp3) is 0.571. The molecule has 0 radical (unpaired) electrons. The number of likely N-dealkylation sites (tertiary alicyclic amines) is 1. The summed E-state index contributed by atoms with van der Waals surface area (Å²) in [6.07, 6.45) is 2.54. The number of benzene rings is 1. The molecule has 2 rings (SSSR count). The minimum absolute atomic E-state index is 0.690. The Balaban J connectivity index is 1.83. The molecule has 1 aliphatic heterocycles. The number of nitrogens with zero attached hydrogens (tertiary/aromatic N) is 1. The van der Waals surface area contributed by atoms with Gasteiger partial charge in [-0.2, -0.15) is 0 Å². The molecule has 0 aromatic heterocycles. The van der Waals surface area contributed by atoms with Crippen LogP contribution in [0.3, 0.4) is 0 Å². The summed E-state index contributed by atoms with van der Waals surface area (Å²) in [7, 11) is 2.20. The van der Waals surface area contributed by atoms with Gasteiger partial charge in [-0.1, -0.05) is 28.1 Å². The van der Waals surface area contributed by atoms with Gasteiger partial charge in [0.15, 0.2) is 0 Å². The van der Waals surface area contributed by atoms with Crippen LogP contribution in [0.2, 0.25) is 0 Å². The lowest BCUT2D eigenvalue weighted by Crippen LogP contribution is -2.40. The van der Waals surface area contributed by atoms with E-state index >= 15 is 0 Å². The Labute approximate surface area is 113 Å². The van der Waals surface area contributed by atoms with Crippen LogP contribution in [-0.2, 0) is 6.54 Å². The van der Waals surface area contributed by atoms with Crippen LogP contribution in [-0.4, -0.2) is 31.1 Å². The molecule has 0 bridgehead atoms. The summed E-state index contributed by atoms with van der Waals surface area (Å²) in [4.78, 5) is 2.40. The molecular weight excluding hydrogens is 276 g/mol. The van der Waals surface area contributed by atoms with Gasteiger partial charge < -0.3 is 10.2 Å². The van der Waals surface area contributed by atoms with Crippen LogP contribution in [0.1, 0.15) is 24.0 Å². The summed E-state index contributed by atoms with van der Waals surface area (Å²) >= 11 is 3.54. The number of halogens is 1. The van der Waals surface area contributed by atoms with E-state index in [1.165, 1.54) is 41.5 Å². The molecule has 0 saturated carbocycles. The second-order valence-corrected chi connectivity index (χ2v) is 5.90. The summed E-state index contributed by atoms with van der Waals surface area (Å²) in [5.74, 6) is 0. The molecule has 1 saturated heterocycles. The zero-order valence-electron chi connectivity index (χ0n) is 10.7. The predicted molar refractivity (Wildman–Crippen MR) is 76.2 cm³/mol. The summed E-state index contributed by atoms with van der Waals surface area (Å²) in [6, 6.07) is 7.28. The molecule has 0 aliphatic carbocycles. The van der Waals surface area contributed by atoms with Crippen LogP contribution in [0, 0.1) is 6.92 Å². The Morgan fingerprint density at radius 2 is 2.06 bits per heavy atom. The average molecular weight is 297 g/mol. The summed E-state index contributed by atoms with van der Waals surface area (Å²) < 4.78 is 1.19. The van der Waals surface area contributed by atoms with Crippen LogP contribution < -0.4 is 5.32 Å². The first-order valence-corrected chi connectivity index (χ1v) is 7.11. The quantitative estimate of drug-likeness (QED) is 0.923. The third-order valence-electron chi connectivity index (χ3n) is 3.54. The highest BCUT2D eigenvalue weighted by atomic mass is 79.9. The van der Waals surface area contributed by atoms with Gasteiger partial charge in [0.2, 0.25) is 0 Å². The predicted octanol–water partition coefficient (Wildman–Crippen LogP) is 2.94. The van der Waals surface area contributed by atoms with Crippen molar-refractivity contribution in [2.24, 2.45) is 0 Å². The largest absolute Gasteiger partial charge is 0.310 e. The smallest absolute Gasteiger partial charge is 0.0208 e. The normalized spacial score (nSPS) is 18.5. The van der Waals surface area contributed by atoms with Crippen LogP contribution >= 0.6 is 15.9 Å². The van der Waals surface area contributed by atoms with Crippen molar-refractivity contribution in [2.75, 3.05) is 20.1 Å². The van der Waals surface area contributed by atoms with Crippen molar-refractivity contribution >= 4 is 15.9 Å². The summed E-state index contributed by atoms with van der Waals surface area (Å²) in [6.45, 7) is 5.57. The lowest BCUT2D eigenvalue weighted by atomic mass is 10.0. The second kappa shape index (κ2) is 5.98. The molecule has 1 heterocycles. The highest BCUT2D eigenvalue weighted by Gasteiger charge is 2.15. The van der Waals surface area contributed by atoms with Crippen molar-refractivity contribution in [3.63, 3.8) is 0 Å². The Morgan fingerprint density at radius 3 is 2.71 bits per heavy atom. The number of nitrogens with one attached hydrogen (secondary N) is 1. The standard InChI is InChI=1S/C14H21BrN2/c1-11-9-12(3-4-14(11)15)10-16-13-5-7-17(2)8-6-13/h3-4,9,13,16H,5-8,10H2,1-2H3. The molecule has 0 spiro atoms. The Morgan fingerprint density at radius 1 is 1.35 bits per heavy atom. The van der Waals surface area contributed by atoms with Crippen LogP contribution in [0.5, 0.6) is 0 Å². The third kappa shape index (κ3) is 3.80. The highest BCUT2D eigenvalue weighted by molar-refractivity contribution is 9.10. The molecule has 94 valence electrons. The summed E-state index contributed by atoms with van der Waals surface area (Å²) in [5.41, 5.74) is 2.69. The van der Waals surface area contributed by atoms with E-state index in [4.69, 9.17) is 0 Å². The first-order chi connectivity index (χ1) is 8.15. The van der Waals surface area contributed by atoms with E-state index in [9.17, 15) is 0 Å². The first kappa shape index (κ1) is 13.1. The molecule has 0 atom stereocenters. The van der Waals surface area contributed by atoms with Crippen molar-refractivity contribution in [1.82, 2.24) is 10.2 Å². The lowest BCUT2D eigenvalue weighted by Gasteiger charge is -2.29. The molecule has 1 aromatic rings. The van der Waals surface area contributed by atoms with Gasteiger partial charge in [0.05, 0.1) is 0 Å². The third-order valence-corrected chi connectivity index (χ3v) is 4.43. The molecule has 0 unspecified atom stereocenters. The van der Waals surface area contributed by atoms with E-state index in [0.29, 0.717) is 6.04 Å². The SMILES string of the molecule is Cc1cc(CNC2CCN(C)CC2)ccc1Br. The molecule has 17 heavy (non-hydrogen) atoms. The molecule has 3 heteroatoms. The van der Waals surface area contributed by atoms with Gasteiger partial charge in [-0.15, -0.1) is 0 Å². The maximum absolute atomic E-state index is 3.66. The van der Waals surface area contributed by atoms with Gasteiger partial charge in [0.25, 0.3) is 0 Å². The summed E-state index contributed by atoms with van der Waals surface area (Å²) in [5, 5.41) is 3.66. The van der Waals surface area contributed by atoms with Crippen molar-refractivity contribution in [3.8, 4) is 0 Å². The van der Waals surface area contributed by atoms with Crippen molar-refractivity contribution in [3.05, 3.63) is 33.8 Å². The number of rotatable bonds is 3. The molecule has 1 aromatic carbocycles. The van der Waals surface area contributed by atoms with Crippen molar-refractivity contribution < 1.29 is 0 Å². The van der Waals surface area contributed by atoms with Gasteiger partial charge in [-0.05, 0) is 57.1 Å². The number of hydrogen-bond acceptors (Lipinski definition) is 2. The van der Waals surface area contributed by atoms with Crippen LogP contribution in [0.15, 0.2) is 22.7 Å². The average Bonchev–Trinajstić information content (AvgIpc) is 2.33. The zero-order valence-corrected chi connectivity index (χ0v) is 12.3. The topological polar surface area (TPSA) is 15.3 Å². The van der Waals surface area contributed by atoms with E-state index in [0.717, 1.165) is 6.54 Å². The number of hydrogen-bond donors (Lipinski definition) is 1. The lowest BCUT2D eigenvalue weighted by molar-refractivity contribution is 0.234. The highest BCUT2D eigenvalue weighted by Crippen LogP contribution is 2.17. The van der Waals surface area contributed by atoms with Gasteiger partial charge in [-0.25, -0.2) is 0 Å². The van der Waals surface area contributed by atoms with Gasteiger partial charge in [-0.3, -0.25) is 0 Å². The van der Waals surface area contributed by atoms with Crippen molar-refractivity contribution in [1.29, 1.82) is 0 Å². The van der Waals surface area contributed by atoms with E-state index in [1.807, 2.05) is 0 Å². The monoisotopic (exact) mass is 296 g/mol. The molecule has 2 nitrogen and oxygen atoms in total. The maximum Gasteiger partial charge on any atom is 0.0208 e. The molecule has 1 fully saturated rings. The first-order valence-electron chi connectivity index (χ1n) is 6.32. The minimum atomic E-state index is 0.690. The van der Waals surface area contributed by atoms with Gasteiger partial charge in [0, 0.05) is 17.1 Å². The Kier molecular flexibility index (Phi) is 4.60. The molecule has 0 amide bonds. The van der Waals surface area contributed by atoms with E-state index in [-0.39, 0.29) is 0 Å². The van der Waals surface area contributed by atoms with E-state index in [1.54, 1.807) is 0 Å². The maximum atomic E-state index is 3.66. The Bertz CT molecular complexity index is 370. The Hall–Kier alpha value is -0.380. The van der Waals surface area contributed by atoms with Crippen LogP contribution in [0.4, 0.5) is 0 Å². The van der Waals surface area contributed by atoms with Crippen LogP contribution in [0.25, 0.3) is 0 Å².